The lowest BCUT2D eigenvalue weighted by Crippen LogP contribution is -2.25. The summed E-state index contributed by atoms with van der Waals surface area (Å²) in [7, 11) is 2.02. The van der Waals surface area contributed by atoms with Crippen molar-refractivity contribution in [2.45, 2.75) is 25.4 Å². The number of nitrogens with one attached hydrogen (secondary N) is 1. The molecule has 0 radical (unpaired) electrons. The molecular weight excluding hydrogens is 340 g/mol. The van der Waals surface area contributed by atoms with Crippen LogP contribution in [0.1, 0.15) is 36.1 Å². The average Bonchev–Trinajstić information content (AvgIpc) is 3.32. The Bertz CT molecular complexity index is 956. The highest BCUT2D eigenvalue weighted by Crippen LogP contribution is 2.32. The average molecular weight is 360 g/mol. The number of likely N-dealkylation sites (tertiary alicyclic amines) is 1. The number of nitriles is 1. The third kappa shape index (κ3) is 3.78. The number of anilines is 2. The molecule has 1 aliphatic rings. The van der Waals surface area contributed by atoms with Gasteiger partial charge in [-0.15, -0.1) is 0 Å². The first-order valence-corrected chi connectivity index (χ1v) is 8.89. The van der Waals surface area contributed by atoms with Gasteiger partial charge in [-0.25, -0.2) is 19.9 Å². The molecule has 136 valence electrons. The van der Waals surface area contributed by atoms with Gasteiger partial charge in [0, 0.05) is 25.6 Å². The van der Waals surface area contributed by atoms with Crippen molar-refractivity contribution in [3.8, 4) is 6.07 Å². The minimum absolute atomic E-state index is 0.254. The smallest absolute Gasteiger partial charge is 0.227 e. The van der Waals surface area contributed by atoms with E-state index in [0.717, 1.165) is 43.1 Å². The topological polar surface area (TPSA) is 95.6 Å². The highest BCUT2D eigenvalue weighted by Gasteiger charge is 2.28. The van der Waals surface area contributed by atoms with Gasteiger partial charge >= 0.3 is 0 Å². The summed E-state index contributed by atoms with van der Waals surface area (Å²) in [5, 5.41) is 12.0. The van der Waals surface area contributed by atoms with Crippen molar-refractivity contribution in [1.82, 2.24) is 29.4 Å². The molecule has 8 heteroatoms. The molecule has 27 heavy (non-hydrogen) atoms. The Balaban J connectivity index is 1.50. The van der Waals surface area contributed by atoms with Gasteiger partial charge in [0.2, 0.25) is 5.95 Å². The van der Waals surface area contributed by atoms with Gasteiger partial charge < -0.3 is 9.88 Å². The Labute approximate surface area is 157 Å². The highest BCUT2D eigenvalue weighted by molar-refractivity contribution is 5.52. The first-order valence-electron chi connectivity index (χ1n) is 8.89. The number of aromatic nitrogens is 5. The molecule has 3 aromatic heterocycles. The Morgan fingerprint density at radius 2 is 2.15 bits per heavy atom. The van der Waals surface area contributed by atoms with Gasteiger partial charge in [-0.3, -0.25) is 4.90 Å². The number of rotatable bonds is 5. The third-order valence-corrected chi connectivity index (χ3v) is 4.78. The predicted octanol–water partition coefficient (Wildman–Crippen LogP) is 2.56. The molecule has 0 amide bonds. The van der Waals surface area contributed by atoms with Crippen LogP contribution in [0.15, 0.2) is 43.0 Å². The summed E-state index contributed by atoms with van der Waals surface area (Å²) in [4.78, 5) is 19.9. The summed E-state index contributed by atoms with van der Waals surface area (Å²) >= 11 is 0. The van der Waals surface area contributed by atoms with Crippen LogP contribution in [0.3, 0.4) is 0 Å². The van der Waals surface area contributed by atoms with Crippen molar-refractivity contribution in [2.24, 2.45) is 7.05 Å². The maximum atomic E-state index is 8.84. The van der Waals surface area contributed by atoms with E-state index in [-0.39, 0.29) is 6.04 Å². The van der Waals surface area contributed by atoms with E-state index in [9.17, 15) is 0 Å². The van der Waals surface area contributed by atoms with Crippen LogP contribution in [0.2, 0.25) is 0 Å². The van der Waals surface area contributed by atoms with E-state index in [1.54, 1.807) is 24.5 Å². The first kappa shape index (κ1) is 17.1. The van der Waals surface area contributed by atoms with Crippen LogP contribution in [0.5, 0.6) is 0 Å². The summed E-state index contributed by atoms with van der Waals surface area (Å²) in [6, 6.07) is 7.70. The molecule has 1 aliphatic heterocycles. The second kappa shape index (κ2) is 7.51. The molecule has 4 heterocycles. The monoisotopic (exact) mass is 360 g/mol. The van der Waals surface area contributed by atoms with E-state index in [4.69, 9.17) is 10.2 Å². The van der Waals surface area contributed by atoms with Gasteiger partial charge in [0.05, 0.1) is 30.2 Å². The second-order valence-electron chi connectivity index (χ2n) is 6.56. The first-order chi connectivity index (χ1) is 13.2. The number of imidazole rings is 1. The summed E-state index contributed by atoms with van der Waals surface area (Å²) in [6.45, 7) is 1.84. The van der Waals surface area contributed by atoms with E-state index in [2.05, 4.69) is 29.7 Å². The number of hydrogen-bond donors (Lipinski definition) is 1. The maximum Gasteiger partial charge on any atom is 0.227 e. The van der Waals surface area contributed by atoms with Gasteiger partial charge in [-0.05, 0) is 37.6 Å². The van der Waals surface area contributed by atoms with Gasteiger partial charge in [0.15, 0.2) is 0 Å². The van der Waals surface area contributed by atoms with Gasteiger partial charge in [-0.2, -0.15) is 5.26 Å². The van der Waals surface area contributed by atoms with Gasteiger partial charge in [0.25, 0.3) is 0 Å². The van der Waals surface area contributed by atoms with Crippen molar-refractivity contribution in [3.05, 3.63) is 60.2 Å². The van der Waals surface area contributed by atoms with E-state index < -0.39 is 0 Å². The molecule has 1 atom stereocenters. The van der Waals surface area contributed by atoms with Crippen molar-refractivity contribution < 1.29 is 0 Å². The zero-order valence-electron chi connectivity index (χ0n) is 15.1. The summed E-state index contributed by atoms with van der Waals surface area (Å²) in [5.41, 5.74) is 2.13. The number of pyridine rings is 1. The van der Waals surface area contributed by atoms with Crippen LogP contribution < -0.4 is 5.32 Å². The van der Waals surface area contributed by atoms with Crippen molar-refractivity contribution >= 4 is 11.6 Å². The van der Waals surface area contributed by atoms with Crippen molar-refractivity contribution in [2.75, 3.05) is 11.9 Å². The fraction of sp³-hybridized carbons (Fsp3) is 0.316. The van der Waals surface area contributed by atoms with Gasteiger partial charge in [-0.1, -0.05) is 0 Å². The van der Waals surface area contributed by atoms with Crippen molar-refractivity contribution in [3.63, 3.8) is 0 Å². The Morgan fingerprint density at radius 3 is 2.89 bits per heavy atom. The van der Waals surface area contributed by atoms with E-state index in [1.165, 1.54) is 0 Å². The molecule has 1 fully saturated rings. The number of nitrogens with zero attached hydrogens (tertiary/aromatic N) is 7. The maximum absolute atomic E-state index is 8.84. The standard InChI is InChI=1S/C19H20N8/c1-26-10-8-21-18(26)13-27-9-2-3-17(27)16-6-7-22-19(25-16)24-15-5-4-14(11-20)23-12-15/h4-8,10,12,17H,2-3,9,13H2,1H3,(H,22,24,25). The zero-order valence-corrected chi connectivity index (χ0v) is 15.1. The molecule has 0 spiro atoms. The second-order valence-corrected chi connectivity index (χ2v) is 6.56. The molecule has 8 nitrogen and oxygen atoms in total. The molecule has 4 rings (SSSR count). The minimum atomic E-state index is 0.254. The molecular formula is C19H20N8. The SMILES string of the molecule is Cn1ccnc1CN1CCCC1c1ccnc(Nc2ccc(C#N)nc2)n1. The van der Waals surface area contributed by atoms with E-state index in [0.29, 0.717) is 11.6 Å². The lowest BCUT2D eigenvalue weighted by Gasteiger charge is -2.23. The van der Waals surface area contributed by atoms with Crippen LogP contribution in [0, 0.1) is 11.3 Å². The summed E-state index contributed by atoms with van der Waals surface area (Å²) < 4.78 is 2.06. The van der Waals surface area contributed by atoms with Crippen LogP contribution in [0.4, 0.5) is 11.6 Å². The Kier molecular flexibility index (Phi) is 4.77. The number of aryl methyl sites for hydroxylation is 1. The quantitative estimate of drug-likeness (QED) is 0.747. The lowest BCUT2D eigenvalue weighted by molar-refractivity contribution is 0.236. The summed E-state index contributed by atoms with van der Waals surface area (Å²) in [5.74, 6) is 1.58. The summed E-state index contributed by atoms with van der Waals surface area (Å²) in [6.07, 6.45) is 9.40. The molecule has 0 saturated carbocycles. The molecule has 0 aromatic carbocycles. The molecule has 0 bridgehead atoms. The normalized spacial score (nSPS) is 17.0. The van der Waals surface area contributed by atoms with E-state index >= 15 is 0 Å². The fourth-order valence-electron chi connectivity index (χ4n) is 3.36. The predicted molar refractivity (Wildman–Crippen MR) is 99.9 cm³/mol. The molecule has 0 aliphatic carbocycles. The van der Waals surface area contributed by atoms with Crippen LogP contribution >= 0.6 is 0 Å². The number of hydrogen-bond acceptors (Lipinski definition) is 7. The Hall–Kier alpha value is -3.31. The molecule has 1 saturated heterocycles. The molecule has 1 unspecified atom stereocenters. The van der Waals surface area contributed by atoms with Crippen LogP contribution in [-0.4, -0.2) is 35.9 Å². The van der Waals surface area contributed by atoms with Gasteiger partial charge in [0.1, 0.15) is 17.6 Å². The largest absolute Gasteiger partial charge is 0.337 e. The molecule has 1 N–H and O–H groups in total. The minimum Gasteiger partial charge on any atom is -0.337 e. The third-order valence-electron chi connectivity index (χ3n) is 4.78. The highest BCUT2D eigenvalue weighted by atomic mass is 15.2. The molecule has 3 aromatic rings. The zero-order chi connectivity index (χ0) is 18.6. The van der Waals surface area contributed by atoms with Crippen LogP contribution in [0.25, 0.3) is 0 Å². The lowest BCUT2D eigenvalue weighted by atomic mass is 10.1. The van der Waals surface area contributed by atoms with Crippen molar-refractivity contribution in [1.29, 1.82) is 5.26 Å². The van der Waals surface area contributed by atoms with E-state index in [1.807, 2.05) is 31.6 Å². The fourth-order valence-corrected chi connectivity index (χ4v) is 3.36. The van der Waals surface area contributed by atoms with Crippen LogP contribution in [-0.2, 0) is 13.6 Å². The Morgan fingerprint density at radius 1 is 1.22 bits per heavy atom.